The molecule has 218 valence electrons. The van der Waals surface area contributed by atoms with Crippen LogP contribution < -0.4 is 10.2 Å². The van der Waals surface area contributed by atoms with Gasteiger partial charge in [0.25, 0.3) is 0 Å². The van der Waals surface area contributed by atoms with Gasteiger partial charge < -0.3 is 19.7 Å². The maximum atomic E-state index is 14.8. The van der Waals surface area contributed by atoms with E-state index in [1.54, 1.807) is 77.9 Å². The summed E-state index contributed by atoms with van der Waals surface area (Å²) in [7, 11) is 0. The van der Waals surface area contributed by atoms with Crippen LogP contribution >= 0.6 is 31.9 Å². The van der Waals surface area contributed by atoms with E-state index in [1.165, 1.54) is 24.3 Å². The van der Waals surface area contributed by atoms with E-state index in [0.29, 0.717) is 18.7 Å². The van der Waals surface area contributed by atoms with Crippen LogP contribution in [0.1, 0.15) is 52.7 Å². The molecule has 2 aromatic carbocycles. The highest BCUT2D eigenvalue weighted by Crippen LogP contribution is 2.56. The second-order valence-electron chi connectivity index (χ2n) is 11.6. The Hall–Kier alpha value is -3.68. The Morgan fingerprint density at radius 1 is 0.690 bits per heavy atom. The molecule has 0 spiro atoms. The Kier molecular flexibility index (Phi) is 7.85. The molecule has 0 saturated carbocycles. The van der Waals surface area contributed by atoms with Crippen molar-refractivity contribution in [3.63, 3.8) is 0 Å². The van der Waals surface area contributed by atoms with Crippen molar-refractivity contribution in [3.05, 3.63) is 79.7 Å². The zero-order valence-electron chi connectivity index (χ0n) is 23.6. The molecule has 2 aliphatic heterocycles. The first-order valence-electron chi connectivity index (χ1n) is 12.7. The summed E-state index contributed by atoms with van der Waals surface area (Å²) in [4.78, 5) is 28.5. The van der Waals surface area contributed by atoms with Crippen molar-refractivity contribution in [2.75, 3.05) is 0 Å². The van der Waals surface area contributed by atoms with Gasteiger partial charge in [0.1, 0.15) is 11.2 Å². The second-order valence-corrected chi connectivity index (χ2v) is 13.4. The van der Waals surface area contributed by atoms with Crippen molar-refractivity contribution in [1.29, 1.82) is 10.5 Å². The van der Waals surface area contributed by atoms with E-state index in [0.717, 1.165) is 0 Å². The largest absolute Gasteiger partial charge is 0.818 e. The molecule has 0 radical (unpaired) electrons. The van der Waals surface area contributed by atoms with Gasteiger partial charge in [-0.1, -0.05) is 56.1 Å². The van der Waals surface area contributed by atoms with E-state index in [9.17, 15) is 30.3 Å². The number of hydrogen-bond acceptors (Lipinski definition) is 8. The zero-order valence-corrected chi connectivity index (χ0v) is 26.8. The summed E-state index contributed by atoms with van der Waals surface area (Å²) in [6.07, 6.45) is -2.41. The molecule has 0 bridgehead atoms. The van der Waals surface area contributed by atoms with E-state index in [4.69, 9.17) is 9.47 Å². The lowest BCUT2D eigenvalue weighted by molar-refractivity contribution is -0.470. The maximum Gasteiger partial charge on any atom is 0.415 e. The average Bonchev–Trinajstić information content (AvgIpc) is 3.31. The van der Waals surface area contributed by atoms with E-state index >= 15 is 0 Å². The minimum absolute atomic E-state index is 0.168. The fourth-order valence-corrected chi connectivity index (χ4v) is 5.22. The number of benzene rings is 2. The minimum atomic E-state index is -3.12. The fourth-order valence-electron chi connectivity index (χ4n) is 4.69. The molecule has 2 aromatic rings. The molecule has 2 heterocycles. The van der Waals surface area contributed by atoms with E-state index in [2.05, 4.69) is 31.9 Å². The van der Waals surface area contributed by atoms with Crippen LogP contribution in [-0.4, -0.2) is 44.6 Å². The summed E-state index contributed by atoms with van der Waals surface area (Å²) in [5, 5.41) is 50.5. The van der Waals surface area contributed by atoms with Gasteiger partial charge in [-0.25, -0.2) is 9.59 Å². The molecule has 2 unspecified atom stereocenters. The van der Waals surface area contributed by atoms with Gasteiger partial charge in [0, 0.05) is 20.1 Å². The van der Waals surface area contributed by atoms with Crippen molar-refractivity contribution >= 4 is 55.4 Å². The SMILES string of the molecule is CC(C)(C)OC(=O)N1C(c2ccc(Br)cc2)=C2C(=C(c3ccc(Br)cc3)N(C(=O)OC(C)(C)C)C2([O-])C#N)C1([O-])C#N. The fraction of sp³-hybridized carbons (Fsp3) is 0.333. The smallest absolute Gasteiger partial charge is 0.415 e. The first-order valence-corrected chi connectivity index (χ1v) is 14.3. The van der Waals surface area contributed by atoms with Crippen LogP contribution in [0.3, 0.4) is 0 Å². The summed E-state index contributed by atoms with van der Waals surface area (Å²) in [6, 6.07) is 15.7. The number of nitrogens with zero attached hydrogens (tertiary/aromatic N) is 4. The molecule has 10 nitrogen and oxygen atoms in total. The summed E-state index contributed by atoms with van der Waals surface area (Å²) >= 11 is 6.67. The highest BCUT2D eigenvalue weighted by Gasteiger charge is 2.59. The monoisotopic (exact) mass is 696 g/mol. The molecule has 2 amide bonds. The van der Waals surface area contributed by atoms with Crippen molar-refractivity contribution in [3.8, 4) is 12.1 Å². The Bertz CT molecular complexity index is 1490. The molecule has 0 saturated heterocycles. The predicted molar refractivity (Wildman–Crippen MR) is 155 cm³/mol. The van der Waals surface area contributed by atoms with Gasteiger partial charge in [-0.2, -0.15) is 10.5 Å². The number of nitriles is 2. The predicted octanol–water partition coefficient (Wildman–Crippen LogP) is 5.00. The Morgan fingerprint density at radius 2 is 0.976 bits per heavy atom. The standard InChI is InChI=1S/C30H26Br2N4O6/c1-27(2,3)41-25(37)35-23(17-7-11-19(31)12-8-17)21-22(29(35,39)15-33)24(18-9-13-20(32)14-10-18)36(30(21,40)16-34)26(38)42-28(4,5)6/h7-14H,1-6H3/q-2. The van der Waals surface area contributed by atoms with Gasteiger partial charge in [-0.05, 0) is 76.9 Å². The molecule has 12 heteroatoms. The highest BCUT2D eigenvalue weighted by molar-refractivity contribution is 9.10. The van der Waals surface area contributed by atoms with E-state index in [-0.39, 0.29) is 22.5 Å². The van der Waals surface area contributed by atoms with Gasteiger partial charge in [-0.15, -0.1) is 0 Å². The normalized spacial score (nSPS) is 22.1. The number of amides is 2. The first-order chi connectivity index (χ1) is 19.4. The number of halogens is 2. The van der Waals surface area contributed by atoms with E-state index < -0.39 is 46.0 Å². The third-order valence-electron chi connectivity index (χ3n) is 6.17. The summed E-state index contributed by atoms with van der Waals surface area (Å²) in [5.41, 5.74) is -9.75. The van der Waals surface area contributed by atoms with Gasteiger partial charge in [0.2, 0.25) is 0 Å². The van der Waals surface area contributed by atoms with Crippen molar-refractivity contribution in [2.24, 2.45) is 0 Å². The van der Waals surface area contributed by atoms with Crippen molar-refractivity contribution < 1.29 is 29.3 Å². The topological polar surface area (TPSA) is 153 Å². The molecule has 2 atom stereocenters. The molecule has 2 aliphatic rings. The molecule has 0 fully saturated rings. The molecule has 0 aliphatic carbocycles. The lowest BCUT2D eigenvalue weighted by Gasteiger charge is -2.43. The molecular weight excluding hydrogens is 672 g/mol. The van der Waals surface area contributed by atoms with Crippen LogP contribution in [0.15, 0.2) is 68.6 Å². The number of ether oxygens (including phenoxy) is 2. The van der Waals surface area contributed by atoms with Gasteiger partial charge in [0.05, 0.1) is 35.0 Å². The van der Waals surface area contributed by atoms with Crippen molar-refractivity contribution in [2.45, 2.75) is 64.2 Å². The van der Waals surface area contributed by atoms with Gasteiger partial charge in [-0.3, -0.25) is 9.80 Å². The lowest BCUT2D eigenvalue weighted by Crippen LogP contribution is -2.59. The van der Waals surface area contributed by atoms with E-state index in [1.807, 2.05) is 0 Å². The number of hydrogen-bond donors (Lipinski definition) is 0. The van der Waals surface area contributed by atoms with Crippen LogP contribution in [0.4, 0.5) is 9.59 Å². The highest BCUT2D eigenvalue weighted by atomic mass is 79.9. The molecule has 0 N–H and O–H groups in total. The number of carbonyl (C=O) groups is 2. The molecule has 0 aromatic heterocycles. The van der Waals surface area contributed by atoms with Crippen LogP contribution in [0, 0.1) is 22.7 Å². The lowest BCUT2D eigenvalue weighted by atomic mass is 9.92. The number of rotatable bonds is 2. The van der Waals surface area contributed by atoms with Crippen LogP contribution in [0.2, 0.25) is 0 Å². The van der Waals surface area contributed by atoms with Crippen molar-refractivity contribution in [1.82, 2.24) is 9.80 Å². The third-order valence-corrected chi connectivity index (χ3v) is 7.23. The van der Waals surface area contributed by atoms with Crippen LogP contribution in [-0.2, 0) is 9.47 Å². The maximum absolute atomic E-state index is 14.8. The first kappa shape index (κ1) is 31.3. The third kappa shape index (κ3) is 5.32. The number of carbonyl (C=O) groups excluding carboxylic acids is 2. The summed E-state index contributed by atoms with van der Waals surface area (Å²) < 4.78 is 12.4. The number of fused-ring (bicyclic) bond motifs is 1. The van der Waals surface area contributed by atoms with Crippen LogP contribution in [0.5, 0.6) is 0 Å². The molecular formula is C30H26Br2N4O6-2. The zero-order chi connectivity index (χ0) is 31.4. The second kappa shape index (κ2) is 10.5. The Morgan fingerprint density at radius 3 is 1.21 bits per heavy atom. The molecule has 4 rings (SSSR count). The van der Waals surface area contributed by atoms with Gasteiger partial charge in [0.15, 0.2) is 0 Å². The van der Waals surface area contributed by atoms with Crippen LogP contribution in [0.25, 0.3) is 11.4 Å². The Balaban J connectivity index is 2.20. The Labute approximate surface area is 260 Å². The summed E-state index contributed by atoms with van der Waals surface area (Å²) in [5.74, 6) is 0. The minimum Gasteiger partial charge on any atom is -0.818 e. The molecule has 42 heavy (non-hydrogen) atoms. The van der Waals surface area contributed by atoms with Gasteiger partial charge >= 0.3 is 12.2 Å². The summed E-state index contributed by atoms with van der Waals surface area (Å²) in [6.45, 7) is 9.48. The average molecular weight is 698 g/mol. The quantitative estimate of drug-likeness (QED) is 0.425.